The molecular weight excluding hydrogens is 365 g/mol. The summed E-state index contributed by atoms with van der Waals surface area (Å²) >= 11 is 1.37. The molecule has 3 rings (SSSR count). The zero-order valence-corrected chi connectivity index (χ0v) is 15.9. The van der Waals surface area contributed by atoms with Gasteiger partial charge < -0.3 is 10.1 Å². The average Bonchev–Trinajstić information content (AvgIpc) is 3.10. The van der Waals surface area contributed by atoms with Crippen molar-refractivity contribution in [1.82, 2.24) is 10.3 Å². The van der Waals surface area contributed by atoms with Crippen molar-refractivity contribution in [2.45, 2.75) is 19.9 Å². The number of methoxy groups -OCH3 is 1. The number of benzene rings is 2. The Morgan fingerprint density at radius 3 is 2.85 bits per heavy atom. The highest BCUT2D eigenvalue weighted by Crippen LogP contribution is 2.22. The van der Waals surface area contributed by atoms with Crippen molar-refractivity contribution in [2.75, 3.05) is 12.4 Å². The number of carbonyl (C=O) groups excluding carboxylic acids is 1. The number of carbonyl (C=O) groups is 1. The molecule has 2 aromatic carbocycles. The monoisotopic (exact) mass is 385 g/mol. The van der Waals surface area contributed by atoms with Crippen LogP contribution < -0.4 is 15.4 Å². The SMILES string of the molecule is COc1cccc(CNC(=O)Nc2ncc(Cc3ccc(C)c(F)c3)s2)c1. The Hall–Kier alpha value is -2.93. The van der Waals surface area contributed by atoms with Crippen molar-refractivity contribution in [1.29, 1.82) is 0 Å². The third-order valence-electron chi connectivity index (χ3n) is 3.98. The molecule has 0 spiro atoms. The van der Waals surface area contributed by atoms with Crippen LogP contribution in [0.1, 0.15) is 21.6 Å². The fourth-order valence-electron chi connectivity index (χ4n) is 2.50. The number of anilines is 1. The largest absolute Gasteiger partial charge is 0.497 e. The molecule has 7 heteroatoms. The number of hydrogen-bond acceptors (Lipinski definition) is 4. The molecule has 0 aliphatic heterocycles. The number of urea groups is 1. The van der Waals surface area contributed by atoms with Gasteiger partial charge in [0.05, 0.1) is 7.11 Å². The molecule has 27 heavy (non-hydrogen) atoms. The number of halogens is 1. The Kier molecular flexibility index (Phi) is 6.03. The van der Waals surface area contributed by atoms with Crippen LogP contribution in [0.25, 0.3) is 0 Å². The van der Waals surface area contributed by atoms with E-state index in [9.17, 15) is 9.18 Å². The fourth-order valence-corrected chi connectivity index (χ4v) is 3.34. The van der Waals surface area contributed by atoms with E-state index in [4.69, 9.17) is 4.74 Å². The smallest absolute Gasteiger partial charge is 0.321 e. The van der Waals surface area contributed by atoms with Crippen LogP contribution in [0, 0.1) is 12.7 Å². The van der Waals surface area contributed by atoms with E-state index in [1.807, 2.05) is 30.3 Å². The summed E-state index contributed by atoms with van der Waals surface area (Å²) in [7, 11) is 1.60. The number of thiazole rings is 1. The molecule has 5 nitrogen and oxygen atoms in total. The van der Waals surface area contributed by atoms with Gasteiger partial charge in [0.2, 0.25) is 0 Å². The normalized spacial score (nSPS) is 10.5. The quantitative estimate of drug-likeness (QED) is 0.656. The molecule has 0 saturated carbocycles. The molecule has 2 N–H and O–H groups in total. The van der Waals surface area contributed by atoms with Crippen LogP contribution in [-0.4, -0.2) is 18.1 Å². The summed E-state index contributed by atoms with van der Waals surface area (Å²) in [5.74, 6) is 0.527. The lowest BCUT2D eigenvalue weighted by molar-refractivity contribution is 0.251. The first-order chi connectivity index (χ1) is 13.0. The van der Waals surface area contributed by atoms with Gasteiger partial charge in [-0.3, -0.25) is 5.32 Å². The minimum atomic E-state index is -0.333. The van der Waals surface area contributed by atoms with E-state index in [0.29, 0.717) is 23.7 Å². The topological polar surface area (TPSA) is 63.2 Å². The van der Waals surface area contributed by atoms with Gasteiger partial charge in [0.1, 0.15) is 11.6 Å². The molecule has 3 aromatic rings. The van der Waals surface area contributed by atoms with Gasteiger partial charge in [-0.2, -0.15) is 0 Å². The van der Waals surface area contributed by atoms with E-state index in [-0.39, 0.29) is 11.8 Å². The van der Waals surface area contributed by atoms with Crippen LogP contribution in [0.5, 0.6) is 5.75 Å². The van der Waals surface area contributed by atoms with Gasteiger partial charge in [0, 0.05) is 24.0 Å². The lowest BCUT2D eigenvalue weighted by atomic mass is 10.1. The van der Waals surface area contributed by atoms with Gasteiger partial charge >= 0.3 is 6.03 Å². The third kappa shape index (κ3) is 5.27. The number of aromatic nitrogens is 1. The Balaban J connectivity index is 1.53. The number of amides is 2. The number of aryl methyl sites for hydroxylation is 1. The summed E-state index contributed by atoms with van der Waals surface area (Å²) in [6.45, 7) is 2.11. The van der Waals surface area contributed by atoms with Crippen molar-refractivity contribution in [3.05, 3.63) is 76.0 Å². The highest BCUT2D eigenvalue weighted by molar-refractivity contribution is 7.15. The van der Waals surface area contributed by atoms with Crippen LogP contribution in [0.2, 0.25) is 0 Å². The van der Waals surface area contributed by atoms with Gasteiger partial charge in [-0.25, -0.2) is 14.2 Å². The van der Waals surface area contributed by atoms with E-state index in [1.165, 1.54) is 17.4 Å². The maximum absolute atomic E-state index is 13.6. The van der Waals surface area contributed by atoms with E-state index in [0.717, 1.165) is 21.8 Å². The number of ether oxygens (including phenoxy) is 1. The van der Waals surface area contributed by atoms with Crippen LogP contribution in [0.4, 0.5) is 14.3 Å². The molecule has 0 fully saturated rings. The number of hydrogen-bond donors (Lipinski definition) is 2. The maximum atomic E-state index is 13.6. The Morgan fingerprint density at radius 2 is 2.07 bits per heavy atom. The highest BCUT2D eigenvalue weighted by Gasteiger charge is 2.08. The summed E-state index contributed by atoms with van der Waals surface area (Å²) in [6.07, 6.45) is 2.27. The molecule has 0 aliphatic rings. The molecule has 0 atom stereocenters. The summed E-state index contributed by atoms with van der Waals surface area (Å²) in [5, 5.41) is 6.00. The van der Waals surface area contributed by atoms with Gasteiger partial charge in [-0.15, -0.1) is 11.3 Å². The standard InChI is InChI=1S/C20H20FN3O2S/c1-13-6-7-14(10-18(13)21)9-17-12-23-20(27-17)24-19(25)22-11-15-4-3-5-16(8-15)26-2/h3-8,10,12H,9,11H2,1-2H3,(H2,22,23,24,25). The number of nitrogens with zero attached hydrogens (tertiary/aromatic N) is 1. The van der Waals surface area contributed by atoms with Crippen molar-refractivity contribution < 1.29 is 13.9 Å². The minimum Gasteiger partial charge on any atom is -0.497 e. The first-order valence-corrected chi connectivity index (χ1v) is 9.22. The predicted molar refractivity (Wildman–Crippen MR) is 105 cm³/mol. The van der Waals surface area contributed by atoms with E-state index < -0.39 is 0 Å². The van der Waals surface area contributed by atoms with E-state index >= 15 is 0 Å². The highest BCUT2D eigenvalue weighted by atomic mass is 32.1. The van der Waals surface area contributed by atoms with Gasteiger partial charge in [0.25, 0.3) is 0 Å². The minimum absolute atomic E-state index is 0.215. The summed E-state index contributed by atoms with van der Waals surface area (Å²) < 4.78 is 18.8. The third-order valence-corrected chi connectivity index (χ3v) is 4.89. The van der Waals surface area contributed by atoms with Crippen molar-refractivity contribution in [3.63, 3.8) is 0 Å². The van der Waals surface area contributed by atoms with E-state index in [1.54, 1.807) is 26.3 Å². The number of nitrogens with one attached hydrogen (secondary N) is 2. The Labute approximate surface area is 161 Å². The fraction of sp³-hybridized carbons (Fsp3) is 0.200. The van der Waals surface area contributed by atoms with E-state index in [2.05, 4.69) is 15.6 Å². The predicted octanol–water partition coefficient (Wildman–Crippen LogP) is 4.51. The maximum Gasteiger partial charge on any atom is 0.321 e. The second kappa shape index (κ2) is 8.64. The molecule has 0 aliphatic carbocycles. The molecule has 0 unspecified atom stereocenters. The van der Waals surface area contributed by atoms with Crippen molar-refractivity contribution in [3.8, 4) is 5.75 Å². The Bertz CT molecular complexity index is 942. The van der Waals surface area contributed by atoms with Crippen LogP contribution in [0.3, 0.4) is 0 Å². The zero-order valence-electron chi connectivity index (χ0n) is 15.1. The molecule has 140 valence electrons. The lowest BCUT2D eigenvalue weighted by Crippen LogP contribution is -2.28. The first-order valence-electron chi connectivity index (χ1n) is 8.41. The second-order valence-corrected chi connectivity index (χ2v) is 7.17. The summed E-state index contributed by atoms with van der Waals surface area (Å²) in [6, 6.07) is 12.3. The second-order valence-electron chi connectivity index (χ2n) is 6.05. The molecule has 0 bridgehead atoms. The van der Waals surface area contributed by atoms with Gasteiger partial charge in [-0.1, -0.05) is 24.3 Å². The van der Waals surface area contributed by atoms with Crippen molar-refractivity contribution in [2.24, 2.45) is 0 Å². The molecule has 0 radical (unpaired) electrons. The molecular formula is C20H20FN3O2S. The molecule has 0 saturated heterocycles. The van der Waals surface area contributed by atoms with Crippen molar-refractivity contribution >= 4 is 22.5 Å². The molecule has 2 amide bonds. The lowest BCUT2D eigenvalue weighted by Gasteiger charge is -2.07. The summed E-state index contributed by atoms with van der Waals surface area (Å²) in [4.78, 5) is 17.2. The molecule has 1 aromatic heterocycles. The first kappa shape index (κ1) is 18.8. The van der Waals surface area contributed by atoms with Crippen LogP contribution >= 0.6 is 11.3 Å². The number of rotatable bonds is 6. The summed E-state index contributed by atoms with van der Waals surface area (Å²) in [5.41, 5.74) is 2.43. The van der Waals surface area contributed by atoms with Gasteiger partial charge in [-0.05, 0) is 41.8 Å². The molecule has 1 heterocycles. The Morgan fingerprint density at radius 1 is 1.22 bits per heavy atom. The average molecular weight is 385 g/mol. The van der Waals surface area contributed by atoms with Crippen LogP contribution in [-0.2, 0) is 13.0 Å². The van der Waals surface area contributed by atoms with Gasteiger partial charge in [0.15, 0.2) is 5.13 Å². The van der Waals surface area contributed by atoms with Crippen LogP contribution in [0.15, 0.2) is 48.7 Å². The zero-order chi connectivity index (χ0) is 19.2.